The van der Waals surface area contributed by atoms with E-state index in [9.17, 15) is 13.2 Å². The lowest BCUT2D eigenvalue weighted by Crippen LogP contribution is -2.24. The Morgan fingerprint density at radius 2 is 1.93 bits per heavy atom. The van der Waals surface area contributed by atoms with Crippen molar-refractivity contribution in [3.05, 3.63) is 48.2 Å². The highest BCUT2D eigenvalue weighted by atomic mass is 35.5. The molecule has 0 spiro atoms. The number of aromatic nitrogens is 1. The van der Waals surface area contributed by atoms with Gasteiger partial charge in [-0.15, -0.1) is 24.8 Å². The van der Waals surface area contributed by atoms with Gasteiger partial charge in [-0.25, -0.2) is 13.4 Å². The number of carbonyl (C=O) groups is 1. The molecule has 0 aliphatic heterocycles. The molecule has 2 N–H and O–H groups in total. The second-order valence-corrected chi connectivity index (χ2v) is 7.82. The molecule has 0 saturated carbocycles. The lowest BCUT2D eigenvalue weighted by atomic mass is 10.2. The highest BCUT2D eigenvalue weighted by Gasteiger charge is 2.11. The first-order valence-corrected chi connectivity index (χ1v) is 10.1. The predicted octanol–water partition coefficient (Wildman–Crippen LogP) is 2.74. The minimum absolute atomic E-state index is 0. The number of sulfone groups is 1. The van der Waals surface area contributed by atoms with E-state index in [4.69, 9.17) is 4.74 Å². The van der Waals surface area contributed by atoms with E-state index in [2.05, 4.69) is 15.6 Å². The van der Waals surface area contributed by atoms with E-state index < -0.39 is 9.84 Å². The molecule has 156 valence electrons. The van der Waals surface area contributed by atoms with E-state index in [0.717, 1.165) is 19.2 Å². The number of hydrogen-bond donors (Lipinski definition) is 2. The molecule has 28 heavy (non-hydrogen) atoms. The summed E-state index contributed by atoms with van der Waals surface area (Å²) in [5, 5.41) is 5.83. The maximum Gasteiger partial charge on any atom is 0.224 e. The van der Waals surface area contributed by atoms with E-state index in [1.165, 1.54) is 12.1 Å². The van der Waals surface area contributed by atoms with Gasteiger partial charge in [0.1, 0.15) is 5.75 Å². The van der Waals surface area contributed by atoms with Crippen molar-refractivity contribution in [1.82, 2.24) is 15.6 Å². The summed E-state index contributed by atoms with van der Waals surface area (Å²) in [6.07, 6.45) is 3.92. The second-order valence-electron chi connectivity index (χ2n) is 5.80. The van der Waals surface area contributed by atoms with Crippen LogP contribution < -0.4 is 15.4 Å². The van der Waals surface area contributed by atoms with Crippen molar-refractivity contribution in [3.63, 3.8) is 0 Å². The van der Waals surface area contributed by atoms with Crippen molar-refractivity contribution < 1.29 is 17.9 Å². The van der Waals surface area contributed by atoms with Crippen molar-refractivity contribution >= 4 is 40.6 Å². The molecule has 0 atom stereocenters. The number of ether oxygens (including phenoxy) is 1. The van der Waals surface area contributed by atoms with Gasteiger partial charge in [0.25, 0.3) is 0 Å². The maximum absolute atomic E-state index is 11.8. The van der Waals surface area contributed by atoms with Crippen LogP contribution in [-0.2, 0) is 21.2 Å². The van der Waals surface area contributed by atoms with Crippen molar-refractivity contribution in [2.24, 2.45) is 0 Å². The monoisotopic (exact) mass is 449 g/mol. The van der Waals surface area contributed by atoms with Gasteiger partial charge in [0.15, 0.2) is 9.84 Å². The van der Waals surface area contributed by atoms with Gasteiger partial charge in [-0.2, -0.15) is 0 Å². The van der Waals surface area contributed by atoms with Gasteiger partial charge in [-0.05, 0) is 44.3 Å². The maximum atomic E-state index is 11.8. The first-order chi connectivity index (χ1) is 12.4. The summed E-state index contributed by atoms with van der Waals surface area (Å²) >= 11 is 0. The molecule has 1 aromatic heterocycles. The summed E-state index contributed by atoms with van der Waals surface area (Å²) in [4.78, 5) is 16.2. The van der Waals surface area contributed by atoms with Gasteiger partial charge in [-0.3, -0.25) is 4.79 Å². The molecule has 1 amide bonds. The fraction of sp³-hybridized carbons (Fsp3) is 0.333. The van der Waals surface area contributed by atoms with Crippen LogP contribution in [0.3, 0.4) is 0 Å². The predicted molar refractivity (Wildman–Crippen MR) is 113 cm³/mol. The number of benzene rings is 1. The molecule has 1 aromatic carbocycles. The Balaban J connectivity index is 0.00000364. The molecule has 0 fully saturated rings. The number of nitrogens with zero attached hydrogens (tertiary/aromatic N) is 1. The molecule has 0 bridgehead atoms. The van der Waals surface area contributed by atoms with E-state index in [1.807, 2.05) is 7.05 Å². The molecule has 0 radical (unpaired) electrons. The molecule has 2 aromatic rings. The second kappa shape index (κ2) is 12.6. The zero-order chi connectivity index (χ0) is 19.0. The normalized spacial score (nSPS) is 10.4. The SMILES string of the molecule is CNCCCC(=O)NCc1cccnc1Oc1cccc(S(C)(=O)=O)c1.Cl.Cl. The Bertz CT molecular complexity index is 863. The van der Waals surface area contributed by atoms with Gasteiger partial charge >= 0.3 is 0 Å². The lowest BCUT2D eigenvalue weighted by molar-refractivity contribution is -0.121. The van der Waals surface area contributed by atoms with Crippen LogP contribution >= 0.6 is 24.8 Å². The zero-order valence-electron chi connectivity index (χ0n) is 15.7. The molecular weight excluding hydrogens is 425 g/mol. The third kappa shape index (κ3) is 8.43. The summed E-state index contributed by atoms with van der Waals surface area (Å²) in [6, 6.07) is 9.78. The number of halogens is 2. The molecule has 1 heterocycles. The Hall–Kier alpha value is -1.87. The Labute approximate surface area is 178 Å². The van der Waals surface area contributed by atoms with Crippen molar-refractivity contribution in [2.45, 2.75) is 24.3 Å². The largest absolute Gasteiger partial charge is 0.439 e. The first kappa shape index (κ1) is 26.1. The standard InChI is InChI=1S/C18H23N3O4S.2ClH/c1-19-10-5-9-17(22)21-13-14-6-4-11-20-18(14)25-15-7-3-8-16(12-15)26(2,23)24;;/h3-4,6-8,11-12,19H,5,9-10,13H2,1-2H3,(H,21,22);2*1H. The Morgan fingerprint density at radius 3 is 2.61 bits per heavy atom. The fourth-order valence-corrected chi connectivity index (χ4v) is 2.89. The van der Waals surface area contributed by atoms with Gasteiger partial charge in [-0.1, -0.05) is 12.1 Å². The third-order valence-corrected chi connectivity index (χ3v) is 4.72. The molecule has 0 saturated heterocycles. The summed E-state index contributed by atoms with van der Waals surface area (Å²) in [5.41, 5.74) is 0.708. The van der Waals surface area contributed by atoms with E-state index >= 15 is 0 Å². The van der Waals surface area contributed by atoms with Crippen LogP contribution in [0.15, 0.2) is 47.5 Å². The van der Waals surface area contributed by atoms with Crippen LogP contribution in [0.2, 0.25) is 0 Å². The molecule has 7 nitrogen and oxygen atoms in total. The number of carbonyl (C=O) groups excluding carboxylic acids is 1. The molecule has 0 aliphatic rings. The van der Waals surface area contributed by atoms with E-state index in [-0.39, 0.29) is 42.2 Å². The number of nitrogens with one attached hydrogen (secondary N) is 2. The minimum Gasteiger partial charge on any atom is -0.439 e. The summed E-state index contributed by atoms with van der Waals surface area (Å²) in [5.74, 6) is 0.649. The van der Waals surface area contributed by atoms with Crippen LogP contribution in [0.4, 0.5) is 0 Å². The summed E-state index contributed by atoms with van der Waals surface area (Å²) in [6.45, 7) is 1.07. The topological polar surface area (TPSA) is 97.4 Å². The molecular formula is C18H25Cl2N3O4S. The van der Waals surface area contributed by atoms with Gasteiger partial charge in [0.05, 0.1) is 4.90 Å². The number of hydrogen-bond acceptors (Lipinski definition) is 6. The highest BCUT2D eigenvalue weighted by Crippen LogP contribution is 2.25. The Kier molecular flexibility index (Phi) is 11.7. The summed E-state index contributed by atoms with van der Waals surface area (Å²) in [7, 11) is -1.48. The van der Waals surface area contributed by atoms with Crippen molar-refractivity contribution in [2.75, 3.05) is 19.8 Å². The average molecular weight is 450 g/mol. The molecule has 0 aliphatic carbocycles. The smallest absolute Gasteiger partial charge is 0.224 e. The minimum atomic E-state index is -3.32. The van der Waals surface area contributed by atoms with Crippen molar-refractivity contribution in [3.8, 4) is 11.6 Å². The molecule has 2 rings (SSSR count). The van der Waals surface area contributed by atoms with Gasteiger partial charge in [0.2, 0.25) is 11.8 Å². The van der Waals surface area contributed by atoms with Crippen LogP contribution in [0.5, 0.6) is 11.6 Å². The molecule has 10 heteroatoms. The van der Waals surface area contributed by atoms with Gasteiger partial charge < -0.3 is 15.4 Å². The average Bonchev–Trinajstić information content (AvgIpc) is 2.61. The van der Waals surface area contributed by atoms with Gasteiger partial charge in [0, 0.05) is 31.0 Å². The lowest BCUT2D eigenvalue weighted by Gasteiger charge is -2.11. The summed E-state index contributed by atoms with van der Waals surface area (Å²) < 4.78 is 29.1. The number of rotatable bonds is 9. The Morgan fingerprint density at radius 1 is 1.18 bits per heavy atom. The van der Waals surface area contributed by atoms with Crippen LogP contribution in [0.25, 0.3) is 0 Å². The first-order valence-electron chi connectivity index (χ1n) is 8.23. The fourth-order valence-electron chi connectivity index (χ4n) is 2.24. The zero-order valence-corrected chi connectivity index (χ0v) is 18.1. The highest BCUT2D eigenvalue weighted by molar-refractivity contribution is 7.90. The molecule has 0 unspecified atom stereocenters. The number of pyridine rings is 1. The third-order valence-electron chi connectivity index (χ3n) is 3.60. The quantitative estimate of drug-likeness (QED) is 0.571. The van der Waals surface area contributed by atoms with Crippen LogP contribution in [-0.4, -0.2) is 39.2 Å². The van der Waals surface area contributed by atoms with Crippen LogP contribution in [0.1, 0.15) is 18.4 Å². The van der Waals surface area contributed by atoms with Crippen molar-refractivity contribution in [1.29, 1.82) is 0 Å². The van der Waals surface area contributed by atoms with Crippen LogP contribution in [0, 0.1) is 0 Å². The van der Waals surface area contributed by atoms with E-state index in [0.29, 0.717) is 23.6 Å². The van der Waals surface area contributed by atoms with E-state index in [1.54, 1.807) is 30.5 Å². The number of amides is 1.